The highest BCUT2D eigenvalue weighted by atomic mass is 19.1. The lowest BCUT2D eigenvalue weighted by Crippen LogP contribution is -2.18. The number of amidine groups is 1. The summed E-state index contributed by atoms with van der Waals surface area (Å²) in [6, 6.07) is 17.7. The maximum atomic E-state index is 15.9. The first kappa shape index (κ1) is 25.8. The molecule has 1 aromatic heterocycles. The number of nitrogens with zero attached hydrogens (tertiary/aromatic N) is 1. The first-order valence-electron chi connectivity index (χ1n) is 12.2. The van der Waals surface area contributed by atoms with E-state index >= 15 is 4.39 Å². The zero-order chi connectivity index (χ0) is 26.5. The van der Waals surface area contributed by atoms with Gasteiger partial charge in [-0.2, -0.15) is 0 Å². The first-order valence-corrected chi connectivity index (χ1v) is 12.2. The molecule has 0 aliphatic carbocycles. The summed E-state index contributed by atoms with van der Waals surface area (Å²) in [4.78, 5) is 8.00. The van der Waals surface area contributed by atoms with Gasteiger partial charge < -0.3 is 25.5 Å². The van der Waals surface area contributed by atoms with Crippen molar-refractivity contribution in [2.24, 2.45) is 5.73 Å². The standard InChI is InChI=1S/C29H32FN5O2/c1-5-18-14-22(26(30)25(15-18)37-17(2)3)27(34-20-12-10-19(11-13-20)28(31)32)29-33-16-23(35-29)21-8-6-7-9-24(21)36-4/h6-17,27,34H,5H2,1-4H3,(H3,31,32)(H,33,35). The van der Waals surface area contributed by atoms with E-state index in [1.807, 2.05) is 51.1 Å². The Bertz CT molecular complexity index is 1380. The SMILES string of the molecule is CCc1cc(OC(C)C)c(F)c(C(Nc2ccc(C(=N)N)cc2)c2ncc(-c3ccccc3OC)[nH]2)c1. The van der Waals surface area contributed by atoms with E-state index in [4.69, 9.17) is 20.6 Å². The number of para-hydroxylation sites is 1. The molecule has 0 radical (unpaired) electrons. The van der Waals surface area contributed by atoms with Gasteiger partial charge in [0.15, 0.2) is 11.6 Å². The molecule has 0 fully saturated rings. The molecule has 192 valence electrons. The van der Waals surface area contributed by atoms with Gasteiger partial charge in [0.25, 0.3) is 0 Å². The quantitative estimate of drug-likeness (QED) is 0.156. The van der Waals surface area contributed by atoms with Crippen LogP contribution in [0.5, 0.6) is 11.5 Å². The van der Waals surface area contributed by atoms with Crippen molar-refractivity contribution < 1.29 is 13.9 Å². The Balaban J connectivity index is 1.82. The van der Waals surface area contributed by atoms with Crippen LogP contribution in [0.1, 0.15) is 49.3 Å². The smallest absolute Gasteiger partial charge is 0.170 e. The number of halogens is 1. The molecule has 0 saturated carbocycles. The van der Waals surface area contributed by atoms with Crippen LogP contribution in [0.4, 0.5) is 10.1 Å². The van der Waals surface area contributed by atoms with Gasteiger partial charge in [-0.1, -0.05) is 25.1 Å². The van der Waals surface area contributed by atoms with Crippen LogP contribution in [-0.4, -0.2) is 29.0 Å². The number of aryl methyl sites for hydroxylation is 1. The molecule has 4 aromatic rings. The third kappa shape index (κ3) is 5.74. The van der Waals surface area contributed by atoms with Crippen LogP contribution in [0, 0.1) is 11.2 Å². The molecular weight excluding hydrogens is 469 g/mol. The Morgan fingerprint density at radius 1 is 1.11 bits per heavy atom. The molecule has 3 aromatic carbocycles. The molecule has 0 amide bonds. The molecule has 1 unspecified atom stereocenters. The summed E-state index contributed by atoms with van der Waals surface area (Å²) >= 11 is 0. The second-order valence-corrected chi connectivity index (χ2v) is 8.97. The van der Waals surface area contributed by atoms with Gasteiger partial charge in [-0.15, -0.1) is 0 Å². The topological polar surface area (TPSA) is 109 Å². The summed E-state index contributed by atoms with van der Waals surface area (Å²) in [6.07, 6.45) is 2.25. The Labute approximate surface area is 216 Å². The maximum absolute atomic E-state index is 15.9. The predicted octanol–water partition coefficient (Wildman–Crippen LogP) is 6.06. The van der Waals surface area contributed by atoms with Gasteiger partial charge in [-0.05, 0) is 68.3 Å². The fourth-order valence-corrected chi connectivity index (χ4v) is 4.13. The predicted molar refractivity (Wildman–Crippen MR) is 145 cm³/mol. The normalized spacial score (nSPS) is 11.8. The summed E-state index contributed by atoms with van der Waals surface area (Å²) < 4.78 is 27.3. The van der Waals surface area contributed by atoms with Gasteiger partial charge in [0, 0.05) is 22.4 Å². The van der Waals surface area contributed by atoms with E-state index in [0.29, 0.717) is 29.1 Å². The number of imidazole rings is 1. The Hall–Kier alpha value is -4.33. The van der Waals surface area contributed by atoms with Crippen molar-refractivity contribution in [3.8, 4) is 22.8 Å². The van der Waals surface area contributed by atoms with Crippen LogP contribution in [0.15, 0.2) is 66.9 Å². The number of hydrogen-bond donors (Lipinski definition) is 4. The fourth-order valence-electron chi connectivity index (χ4n) is 4.13. The average molecular weight is 502 g/mol. The van der Waals surface area contributed by atoms with E-state index in [1.54, 1.807) is 43.6 Å². The van der Waals surface area contributed by atoms with Gasteiger partial charge in [0.2, 0.25) is 0 Å². The zero-order valence-electron chi connectivity index (χ0n) is 21.4. The third-order valence-electron chi connectivity index (χ3n) is 5.98. The molecule has 1 atom stereocenters. The molecule has 0 aliphatic heterocycles. The highest BCUT2D eigenvalue weighted by molar-refractivity contribution is 5.95. The zero-order valence-corrected chi connectivity index (χ0v) is 21.4. The second kappa shape index (κ2) is 11.2. The Morgan fingerprint density at radius 2 is 1.84 bits per heavy atom. The van der Waals surface area contributed by atoms with Gasteiger partial charge in [0.1, 0.15) is 23.5 Å². The van der Waals surface area contributed by atoms with Gasteiger partial charge in [-0.3, -0.25) is 5.41 Å². The van der Waals surface area contributed by atoms with Crippen molar-refractivity contribution in [3.05, 3.63) is 95.2 Å². The van der Waals surface area contributed by atoms with E-state index in [1.165, 1.54) is 0 Å². The molecule has 0 spiro atoms. The van der Waals surface area contributed by atoms with E-state index in [-0.39, 0.29) is 17.7 Å². The van der Waals surface area contributed by atoms with Crippen molar-refractivity contribution in [2.45, 2.75) is 39.3 Å². The van der Waals surface area contributed by atoms with E-state index in [2.05, 4.69) is 15.3 Å². The number of aromatic nitrogens is 2. The number of nitrogens with one attached hydrogen (secondary N) is 3. The summed E-state index contributed by atoms with van der Waals surface area (Å²) in [6.45, 7) is 5.76. The lowest BCUT2D eigenvalue weighted by molar-refractivity contribution is 0.230. The summed E-state index contributed by atoms with van der Waals surface area (Å²) in [5, 5.41) is 11.1. The van der Waals surface area contributed by atoms with Crippen LogP contribution in [-0.2, 0) is 6.42 Å². The number of nitrogen functional groups attached to an aromatic ring is 1. The number of benzene rings is 3. The fraction of sp³-hybridized carbons (Fsp3) is 0.241. The summed E-state index contributed by atoms with van der Waals surface area (Å²) in [5.74, 6) is 0.972. The van der Waals surface area contributed by atoms with Crippen LogP contribution >= 0.6 is 0 Å². The number of aromatic amines is 1. The van der Waals surface area contributed by atoms with Crippen LogP contribution in [0.25, 0.3) is 11.3 Å². The van der Waals surface area contributed by atoms with Crippen molar-refractivity contribution >= 4 is 11.5 Å². The van der Waals surface area contributed by atoms with Gasteiger partial charge in [0.05, 0.1) is 25.1 Å². The molecule has 0 saturated heterocycles. The van der Waals surface area contributed by atoms with E-state index in [9.17, 15) is 0 Å². The van der Waals surface area contributed by atoms with E-state index in [0.717, 1.165) is 22.5 Å². The van der Waals surface area contributed by atoms with Crippen LogP contribution in [0.3, 0.4) is 0 Å². The highest BCUT2D eigenvalue weighted by Crippen LogP contribution is 2.35. The van der Waals surface area contributed by atoms with Crippen LogP contribution in [0.2, 0.25) is 0 Å². The number of ether oxygens (including phenoxy) is 2. The molecule has 8 heteroatoms. The number of H-pyrrole nitrogens is 1. The molecule has 4 rings (SSSR count). The lowest BCUT2D eigenvalue weighted by atomic mass is 10.00. The second-order valence-electron chi connectivity index (χ2n) is 8.97. The molecule has 0 bridgehead atoms. The lowest BCUT2D eigenvalue weighted by Gasteiger charge is -2.22. The molecular formula is C29H32FN5O2. The number of anilines is 1. The molecule has 0 aliphatic rings. The number of hydrogen-bond acceptors (Lipinski definition) is 5. The third-order valence-corrected chi connectivity index (χ3v) is 5.98. The van der Waals surface area contributed by atoms with Gasteiger partial charge >= 0.3 is 0 Å². The minimum absolute atomic E-state index is 0.0206. The Morgan fingerprint density at radius 3 is 2.49 bits per heavy atom. The minimum atomic E-state index is -0.660. The number of methoxy groups -OCH3 is 1. The highest BCUT2D eigenvalue weighted by Gasteiger charge is 2.25. The first-order chi connectivity index (χ1) is 17.8. The maximum Gasteiger partial charge on any atom is 0.170 e. The molecule has 7 nitrogen and oxygen atoms in total. The summed E-state index contributed by atoms with van der Waals surface area (Å²) in [5.41, 5.74) is 9.88. The summed E-state index contributed by atoms with van der Waals surface area (Å²) in [7, 11) is 1.62. The molecule has 5 N–H and O–H groups in total. The number of rotatable bonds is 10. The molecule has 37 heavy (non-hydrogen) atoms. The van der Waals surface area contributed by atoms with Crippen molar-refractivity contribution in [1.29, 1.82) is 5.41 Å². The van der Waals surface area contributed by atoms with E-state index < -0.39 is 11.9 Å². The van der Waals surface area contributed by atoms with Gasteiger partial charge in [-0.25, -0.2) is 9.37 Å². The minimum Gasteiger partial charge on any atom is -0.496 e. The monoisotopic (exact) mass is 501 g/mol. The molecule has 1 heterocycles. The Kier molecular flexibility index (Phi) is 7.77. The van der Waals surface area contributed by atoms with Crippen LogP contribution < -0.4 is 20.5 Å². The average Bonchev–Trinajstić information content (AvgIpc) is 3.38. The number of nitrogens with two attached hydrogens (primary N) is 1. The van der Waals surface area contributed by atoms with Crippen molar-refractivity contribution in [3.63, 3.8) is 0 Å². The van der Waals surface area contributed by atoms with Crippen molar-refractivity contribution in [2.75, 3.05) is 12.4 Å². The largest absolute Gasteiger partial charge is 0.496 e. The van der Waals surface area contributed by atoms with Crippen molar-refractivity contribution in [1.82, 2.24) is 9.97 Å².